The Labute approximate surface area is 140 Å². The van der Waals surface area contributed by atoms with Crippen LogP contribution in [-0.2, 0) is 23.9 Å². The molecule has 128 valence electrons. The predicted octanol–water partition coefficient (Wildman–Crippen LogP) is 4.04. The number of halogens is 4. The SMILES string of the molecule is CCn1c(C(=O)c2ccc(C(F)(F)F)cc2)cc(Cl)c1CC(=O)O. The lowest BCUT2D eigenvalue weighted by Gasteiger charge is -2.10. The van der Waals surface area contributed by atoms with Crippen LogP contribution in [0.25, 0.3) is 0 Å². The van der Waals surface area contributed by atoms with Gasteiger partial charge >= 0.3 is 12.1 Å². The first-order chi connectivity index (χ1) is 11.1. The van der Waals surface area contributed by atoms with E-state index in [4.69, 9.17) is 16.7 Å². The maximum Gasteiger partial charge on any atom is 0.416 e. The number of aromatic nitrogens is 1. The molecule has 0 unspecified atom stereocenters. The maximum absolute atomic E-state index is 12.6. The molecule has 4 nitrogen and oxygen atoms in total. The number of ketones is 1. The third-order valence-corrected chi connectivity index (χ3v) is 3.82. The summed E-state index contributed by atoms with van der Waals surface area (Å²) in [6.07, 6.45) is -4.84. The molecule has 0 spiro atoms. The number of carboxylic acid groups (broad SMARTS) is 1. The first kappa shape index (κ1) is 18.1. The molecule has 0 saturated heterocycles. The summed E-state index contributed by atoms with van der Waals surface area (Å²) in [6, 6.07) is 5.16. The first-order valence-corrected chi connectivity index (χ1v) is 7.34. The number of carbonyl (C=O) groups excluding carboxylic acids is 1. The normalized spacial score (nSPS) is 11.5. The number of rotatable bonds is 5. The molecular formula is C16H13ClF3NO3. The van der Waals surface area contributed by atoms with Gasteiger partial charge < -0.3 is 9.67 Å². The standard InChI is InChI=1S/C16H13ClF3NO3/c1-2-21-12(8-14(22)23)11(17)7-13(21)15(24)9-3-5-10(6-4-9)16(18,19)20/h3-7H,2,8H2,1H3,(H,22,23). The Hall–Kier alpha value is -2.28. The van der Waals surface area contributed by atoms with Crippen LogP contribution in [0.1, 0.15) is 34.2 Å². The Kier molecular flexibility index (Phi) is 5.03. The Morgan fingerprint density at radius 2 is 1.79 bits per heavy atom. The molecule has 0 bridgehead atoms. The van der Waals surface area contributed by atoms with Gasteiger partial charge in [-0.25, -0.2) is 0 Å². The highest BCUT2D eigenvalue weighted by Crippen LogP contribution is 2.30. The van der Waals surface area contributed by atoms with E-state index in [-0.39, 0.29) is 28.4 Å². The molecule has 0 atom stereocenters. The molecule has 0 fully saturated rings. The van der Waals surface area contributed by atoms with Crippen molar-refractivity contribution in [2.24, 2.45) is 0 Å². The van der Waals surface area contributed by atoms with Crippen molar-refractivity contribution in [1.29, 1.82) is 0 Å². The van der Waals surface area contributed by atoms with E-state index in [1.165, 1.54) is 10.6 Å². The fourth-order valence-corrected chi connectivity index (χ4v) is 2.66. The Morgan fingerprint density at radius 1 is 1.21 bits per heavy atom. The first-order valence-electron chi connectivity index (χ1n) is 6.96. The fraction of sp³-hybridized carbons (Fsp3) is 0.250. The lowest BCUT2D eigenvalue weighted by atomic mass is 10.1. The van der Waals surface area contributed by atoms with Crippen molar-refractivity contribution >= 4 is 23.4 Å². The molecule has 0 aliphatic heterocycles. The number of carboxylic acids is 1. The Morgan fingerprint density at radius 3 is 2.25 bits per heavy atom. The lowest BCUT2D eigenvalue weighted by Crippen LogP contribution is -2.14. The quantitative estimate of drug-likeness (QED) is 0.820. The molecule has 1 heterocycles. The summed E-state index contributed by atoms with van der Waals surface area (Å²) in [5.74, 6) is -1.62. The molecule has 0 aliphatic carbocycles. The molecule has 0 radical (unpaired) electrons. The van der Waals surface area contributed by atoms with Crippen LogP contribution in [0.4, 0.5) is 13.2 Å². The van der Waals surface area contributed by atoms with Crippen LogP contribution in [-0.4, -0.2) is 21.4 Å². The van der Waals surface area contributed by atoms with Crippen molar-refractivity contribution in [2.75, 3.05) is 0 Å². The van der Waals surface area contributed by atoms with Crippen molar-refractivity contribution in [3.8, 4) is 0 Å². The Bertz CT molecular complexity index is 779. The van der Waals surface area contributed by atoms with Gasteiger partial charge in [0, 0.05) is 17.8 Å². The van der Waals surface area contributed by atoms with Gasteiger partial charge in [0.15, 0.2) is 0 Å². The molecule has 2 aromatic rings. The topological polar surface area (TPSA) is 59.3 Å². The largest absolute Gasteiger partial charge is 0.481 e. The van der Waals surface area contributed by atoms with Crippen LogP contribution in [0.5, 0.6) is 0 Å². The summed E-state index contributed by atoms with van der Waals surface area (Å²) in [5, 5.41) is 9.05. The predicted molar refractivity (Wildman–Crippen MR) is 81.3 cm³/mol. The zero-order valence-corrected chi connectivity index (χ0v) is 13.3. The molecule has 2 rings (SSSR count). The summed E-state index contributed by atoms with van der Waals surface area (Å²) in [5.41, 5.74) is -0.372. The van der Waals surface area contributed by atoms with E-state index in [1.54, 1.807) is 6.92 Å². The van der Waals surface area contributed by atoms with Crippen LogP contribution in [0, 0.1) is 0 Å². The average Bonchev–Trinajstić information content (AvgIpc) is 2.81. The van der Waals surface area contributed by atoms with Gasteiger partial charge in [0.2, 0.25) is 5.78 Å². The highest BCUT2D eigenvalue weighted by molar-refractivity contribution is 6.32. The van der Waals surface area contributed by atoms with Gasteiger partial charge in [-0.3, -0.25) is 9.59 Å². The van der Waals surface area contributed by atoms with Crippen molar-refractivity contribution < 1.29 is 27.9 Å². The van der Waals surface area contributed by atoms with E-state index in [2.05, 4.69) is 0 Å². The fourth-order valence-electron chi connectivity index (χ4n) is 2.39. The number of nitrogens with zero attached hydrogens (tertiary/aromatic N) is 1. The number of carbonyl (C=O) groups is 2. The highest BCUT2D eigenvalue weighted by Gasteiger charge is 2.30. The van der Waals surface area contributed by atoms with Gasteiger partial charge in [0.25, 0.3) is 0 Å². The van der Waals surface area contributed by atoms with Gasteiger partial charge in [-0.05, 0) is 25.1 Å². The summed E-state index contributed by atoms with van der Waals surface area (Å²) < 4.78 is 39.2. The monoisotopic (exact) mass is 359 g/mol. The van der Waals surface area contributed by atoms with Crippen LogP contribution < -0.4 is 0 Å². The van der Waals surface area contributed by atoms with E-state index in [1.807, 2.05) is 0 Å². The minimum atomic E-state index is -4.48. The van der Waals surface area contributed by atoms with E-state index in [9.17, 15) is 22.8 Å². The van der Waals surface area contributed by atoms with E-state index < -0.39 is 23.5 Å². The third-order valence-electron chi connectivity index (χ3n) is 3.50. The molecule has 0 saturated carbocycles. The second kappa shape index (κ2) is 6.68. The van der Waals surface area contributed by atoms with E-state index >= 15 is 0 Å². The van der Waals surface area contributed by atoms with E-state index in [0.29, 0.717) is 6.54 Å². The molecular weight excluding hydrogens is 347 g/mol. The number of benzene rings is 1. The average molecular weight is 360 g/mol. The van der Waals surface area contributed by atoms with Gasteiger partial charge in [0.05, 0.1) is 22.7 Å². The van der Waals surface area contributed by atoms with Crippen LogP contribution in [0.3, 0.4) is 0 Å². The zero-order valence-electron chi connectivity index (χ0n) is 12.5. The van der Waals surface area contributed by atoms with Crippen LogP contribution >= 0.6 is 11.6 Å². The molecule has 1 aromatic heterocycles. The van der Waals surface area contributed by atoms with Crippen molar-refractivity contribution in [2.45, 2.75) is 26.1 Å². The van der Waals surface area contributed by atoms with Crippen LogP contribution in [0.2, 0.25) is 5.02 Å². The summed E-state index contributed by atoms with van der Waals surface area (Å²) >= 11 is 6.00. The number of hydrogen-bond acceptors (Lipinski definition) is 2. The second-order valence-corrected chi connectivity index (χ2v) is 5.45. The minimum absolute atomic E-state index is 0.0636. The van der Waals surface area contributed by atoms with Crippen molar-refractivity contribution in [3.63, 3.8) is 0 Å². The number of alkyl halides is 3. The smallest absolute Gasteiger partial charge is 0.416 e. The second-order valence-electron chi connectivity index (χ2n) is 5.04. The van der Waals surface area contributed by atoms with Crippen molar-refractivity contribution in [1.82, 2.24) is 4.57 Å². The lowest BCUT2D eigenvalue weighted by molar-refractivity contribution is -0.138. The zero-order chi connectivity index (χ0) is 18.1. The molecule has 1 aromatic carbocycles. The maximum atomic E-state index is 12.6. The number of aliphatic carboxylic acids is 1. The van der Waals surface area contributed by atoms with Gasteiger partial charge in [-0.1, -0.05) is 23.7 Å². The summed E-state index contributed by atoms with van der Waals surface area (Å²) in [4.78, 5) is 23.4. The molecule has 0 amide bonds. The van der Waals surface area contributed by atoms with Gasteiger partial charge in [0.1, 0.15) is 0 Å². The highest BCUT2D eigenvalue weighted by atomic mass is 35.5. The minimum Gasteiger partial charge on any atom is -0.481 e. The molecule has 24 heavy (non-hydrogen) atoms. The Balaban J connectivity index is 2.41. The third kappa shape index (κ3) is 3.62. The van der Waals surface area contributed by atoms with E-state index in [0.717, 1.165) is 24.3 Å². The molecule has 1 N–H and O–H groups in total. The van der Waals surface area contributed by atoms with Gasteiger partial charge in [-0.2, -0.15) is 13.2 Å². The van der Waals surface area contributed by atoms with Gasteiger partial charge in [-0.15, -0.1) is 0 Å². The summed E-state index contributed by atoms with van der Waals surface area (Å²) in [7, 11) is 0. The summed E-state index contributed by atoms with van der Waals surface area (Å²) in [6.45, 7) is 2.02. The number of hydrogen-bond donors (Lipinski definition) is 1. The molecule has 8 heteroatoms. The van der Waals surface area contributed by atoms with Crippen molar-refractivity contribution in [3.05, 3.63) is 57.9 Å². The molecule has 0 aliphatic rings. The van der Waals surface area contributed by atoms with Crippen LogP contribution in [0.15, 0.2) is 30.3 Å².